The van der Waals surface area contributed by atoms with Gasteiger partial charge in [-0.1, -0.05) is 0 Å². The summed E-state index contributed by atoms with van der Waals surface area (Å²) in [6.07, 6.45) is 1.07. The van der Waals surface area contributed by atoms with Gasteiger partial charge in [0.25, 0.3) is 21.9 Å². The van der Waals surface area contributed by atoms with Crippen molar-refractivity contribution in [1.82, 2.24) is 0 Å². The smallest absolute Gasteiger partial charge is 0.296 e. The average Bonchev–Trinajstić information content (AvgIpc) is 3.22. The lowest BCUT2D eigenvalue weighted by atomic mass is 10.1. The number of hydrogen-bond donors (Lipinski definition) is 9. The molecule has 0 aliphatic carbocycles. The van der Waals surface area contributed by atoms with Crippen LogP contribution in [-0.2, 0) is 10.1 Å². The Kier molecular flexibility index (Phi) is 13.0. The number of nitrogen functional groups attached to an aromatic ring is 2. The van der Waals surface area contributed by atoms with Gasteiger partial charge < -0.3 is 50.5 Å². The van der Waals surface area contributed by atoms with E-state index in [-0.39, 0.29) is 39.8 Å². The van der Waals surface area contributed by atoms with Gasteiger partial charge in [-0.15, -0.1) is 0 Å². The van der Waals surface area contributed by atoms with Crippen molar-refractivity contribution in [3.63, 3.8) is 0 Å². The minimum absolute atomic E-state index is 0.0424. The van der Waals surface area contributed by atoms with Crippen LogP contribution >= 0.6 is 10.9 Å². The van der Waals surface area contributed by atoms with E-state index in [4.69, 9.17) is 20.9 Å². The molecule has 2 amide bonds. The predicted octanol–water partition coefficient (Wildman–Crippen LogP) is 8.79. The summed E-state index contributed by atoms with van der Waals surface area (Å²) < 4.78 is 75.5. The van der Waals surface area contributed by atoms with Crippen LogP contribution < -0.4 is 36.9 Å². The number of aliphatic imine (C=N–C) groups is 1. The highest BCUT2D eigenvalue weighted by molar-refractivity contribution is 8.19. The van der Waals surface area contributed by atoms with Gasteiger partial charge in [0, 0.05) is 33.9 Å². The Morgan fingerprint density at radius 3 is 1.73 bits per heavy atom. The SMILES string of the molecule is Nc1ccc(OCNc2ccc(N=COc3ccc(N=Nc4ccc(C(=O)Nc5ccc(NC(=O)c6ccc(N)cc6)cc5S(=O)(=O)O)cc4)cc3)c(S(O)(O)O)c2)cc1. The summed E-state index contributed by atoms with van der Waals surface area (Å²) >= 11 is 0. The molecule has 0 aliphatic rings. The van der Waals surface area contributed by atoms with Crippen molar-refractivity contribution in [3.05, 3.63) is 145 Å². The quantitative estimate of drug-likeness (QED) is 0.0117. The molecule has 18 nitrogen and oxygen atoms in total. The first kappa shape index (κ1) is 42.3. The topological polar surface area (TPSA) is 293 Å². The molecule has 6 aromatic rings. The first-order valence-corrected chi connectivity index (χ1v) is 20.3. The molecule has 0 atom stereocenters. The van der Waals surface area contributed by atoms with E-state index in [0.29, 0.717) is 39.9 Å². The first-order valence-electron chi connectivity index (χ1n) is 17.4. The van der Waals surface area contributed by atoms with Crippen LogP contribution in [0, 0.1) is 0 Å². The number of carbonyl (C=O) groups excluding carboxylic acids is 2. The Hall–Kier alpha value is -7.33. The molecule has 308 valence electrons. The number of azo groups is 1. The summed E-state index contributed by atoms with van der Waals surface area (Å²) in [6, 6.07) is 33.1. The highest BCUT2D eigenvalue weighted by Gasteiger charge is 2.22. The Morgan fingerprint density at radius 2 is 1.13 bits per heavy atom. The summed E-state index contributed by atoms with van der Waals surface area (Å²) in [7, 11) is -8.98. The van der Waals surface area contributed by atoms with E-state index in [1.807, 2.05) is 0 Å². The van der Waals surface area contributed by atoms with Gasteiger partial charge in [-0.2, -0.15) is 18.6 Å². The van der Waals surface area contributed by atoms with E-state index in [2.05, 4.69) is 31.2 Å². The Bertz CT molecular complexity index is 2660. The molecule has 0 unspecified atom stereocenters. The Morgan fingerprint density at radius 1 is 0.617 bits per heavy atom. The fourth-order valence-corrected chi connectivity index (χ4v) is 6.56. The number of hydrogen-bond acceptors (Lipinski definition) is 15. The van der Waals surface area contributed by atoms with Gasteiger partial charge in [-0.3, -0.25) is 14.1 Å². The highest BCUT2D eigenvalue weighted by atomic mass is 32.3. The molecular formula is C40H36N8O10S2. The Balaban J connectivity index is 1.02. The zero-order valence-electron chi connectivity index (χ0n) is 31.0. The van der Waals surface area contributed by atoms with Crippen LogP contribution in [0.25, 0.3) is 0 Å². The van der Waals surface area contributed by atoms with Crippen molar-refractivity contribution in [2.45, 2.75) is 9.79 Å². The van der Waals surface area contributed by atoms with Crippen molar-refractivity contribution in [2.75, 3.05) is 34.1 Å². The second-order valence-corrected chi connectivity index (χ2v) is 15.4. The summed E-state index contributed by atoms with van der Waals surface area (Å²) in [4.78, 5) is 28.9. The second-order valence-electron chi connectivity index (χ2n) is 12.5. The van der Waals surface area contributed by atoms with Crippen molar-refractivity contribution >= 4 is 84.7 Å². The third kappa shape index (κ3) is 11.6. The molecule has 0 aliphatic heterocycles. The summed E-state index contributed by atoms with van der Waals surface area (Å²) in [5, 5.41) is 16.3. The van der Waals surface area contributed by atoms with Crippen LogP contribution in [0.5, 0.6) is 11.5 Å². The van der Waals surface area contributed by atoms with Crippen LogP contribution in [0.4, 0.5) is 45.5 Å². The van der Waals surface area contributed by atoms with Crippen LogP contribution in [0.15, 0.2) is 158 Å². The third-order valence-corrected chi connectivity index (χ3v) is 10.0. The van der Waals surface area contributed by atoms with Gasteiger partial charge >= 0.3 is 0 Å². The van der Waals surface area contributed by atoms with E-state index in [9.17, 15) is 36.2 Å². The Labute approximate surface area is 344 Å². The summed E-state index contributed by atoms with van der Waals surface area (Å²) in [6.45, 7) is 0.0424. The standard InChI is InChI=1S/C40H36N8O10S2/c41-27-5-1-25(2-6-27)39(49)45-32-14-20-36(38(22-32)60(54,55)56)46-40(50)26-3-9-29(10-4-26)47-48-30-11-17-34(18-12-30)58-24-44-35-19-13-31(21-37(35)59(51,52)53)43-23-57-33-15-7-28(42)8-16-33/h1-22,24,43,51-53H,23,41-42H2,(H,45,49)(H,46,50)(H,54,55,56). The molecule has 0 bridgehead atoms. The molecule has 6 rings (SSSR count). The number of anilines is 5. The molecule has 0 saturated heterocycles. The van der Waals surface area contributed by atoms with E-state index in [1.165, 1.54) is 72.8 Å². The lowest BCUT2D eigenvalue weighted by molar-refractivity contribution is 0.101. The van der Waals surface area contributed by atoms with Gasteiger partial charge in [0.05, 0.1) is 27.6 Å². The van der Waals surface area contributed by atoms with E-state index in [0.717, 1.165) is 12.5 Å². The lowest BCUT2D eigenvalue weighted by Gasteiger charge is -2.22. The maximum absolute atomic E-state index is 13.0. The van der Waals surface area contributed by atoms with Crippen molar-refractivity contribution in [3.8, 4) is 11.5 Å². The number of nitrogens with one attached hydrogen (secondary N) is 3. The molecule has 0 saturated carbocycles. The van der Waals surface area contributed by atoms with Crippen molar-refractivity contribution < 1.29 is 45.7 Å². The molecule has 60 heavy (non-hydrogen) atoms. The van der Waals surface area contributed by atoms with Gasteiger partial charge in [0.2, 0.25) is 0 Å². The minimum Gasteiger partial charge on any atom is -0.473 e. The monoisotopic (exact) mass is 852 g/mol. The van der Waals surface area contributed by atoms with Gasteiger partial charge in [-0.25, -0.2) is 4.99 Å². The number of amides is 2. The fraction of sp³-hybridized carbons (Fsp3) is 0.0250. The second kappa shape index (κ2) is 18.5. The normalized spacial score (nSPS) is 11.9. The number of nitrogens with two attached hydrogens (primary N) is 2. The number of benzene rings is 6. The van der Waals surface area contributed by atoms with Crippen LogP contribution in [0.2, 0.25) is 0 Å². The van der Waals surface area contributed by atoms with Crippen LogP contribution in [0.3, 0.4) is 0 Å². The lowest BCUT2D eigenvalue weighted by Crippen LogP contribution is -2.16. The van der Waals surface area contributed by atoms with Crippen molar-refractivity contribution in [2.24, 2.45) is 15.2 Å². The molecule has 0 radical (unpaired) electrons. The van der Waals surface area contributed by atoms with E-state index in [1.54, 1.807) is 54.6 Å². The minimum atomic E-state index is -4.82. The molecule has 11 N–H and O–H groups in total. The van der Waals surface area contributed by atoms with Gasteiger partial charge in [-0.05, 0) is 133 Å². The molecule has 0 spiro atoms. The average molecular weight is 853 g/mol. The largest absolute Gasteiger partial charge is 0.473 e. The van der Waals surface area contributed by atoms with Crippen LogP contribution in [-0.4, -0.2) is 51.6 Å². The maximum atomic E-state index is 13.0. The van der Waals surface area contributed by atoms with Gasteiger partial charge in [0.15, 0.2) is 13.1 Å². The highest BCUT2D eigenvalue weighted by Crippen LogP contribution is 2.49. The molecular weight excluding hydrogens is 817 g/mol. The summed E-state index contributed by atoms with van der Waals surface area (Å²) in [5.41, 5.74) is 13.9. The van der Waals surface area contributed by atoms with Crippen LogP contribution in [0.1, 0.15) is 20.7 Å². The summed E-state index contributed by atoms with van der Waals surface area (Å²) in [5.74, 6) is -0.308. The zero-order valence-corrected chi connectivity index (χ0v) is 32.7. The number of ether oxygens (including phenoxy) is 2. The zero-order chi connectivity index (χ0) is 42.9. The van der Waals surface area contributed by atoms with E-state index >= 15 is 0 Å². The number of rotatable bonds is 15. The third-order valence-electron chi connectivity index (χ3n) is 8.22. The van der Waals surface area contributed by atoms with E-state index < -0.39 is 37.7 Å². The first-order chi connectivity index (χ1) is 28.6. The fourth-order valence-electron chi connectivity index (χ4n) is 5.20. The molecule has 0 fully saturated rings. The van der Waals surface area contributed by atoms with Gasteiger partial charge in [0.1, 0.15) is 27.3 Å². The molecule has 20 heteroatoms. The maximum Gasteiger partial charge on any atom is 0.296 e. The molecule has 0 heterocycles. The molecule has 6 aromatic carbocycles. The van der Waals surface area contributed by atoms with Crippen molar-refractivity contribution in [1.29, 1.82) is 0 Å². The predicted molar refractivity (Wildman–Crippen MR) is 229 cm³/mol. The number of carbonyl (C=O) groups is 2. The molecule has 0 aromatic heterocycles. The number of nitrogens with zero attached hydrogens (tertiary/aromatic N) is 3.